The lowest BCUT2D eigenvalue weighted by atomic mass is 9.98. The zero-order chi connectivity index (χ0) is 15.0. The lowest BCUT2D eigenvalue weighted by Gasteiger charge is -2.24. The quantitative estimate of drug-likeness (QED) is 0.754. The first-order valence-electron chi connectivity index (χ1n) is 7.57. The van der Waals surface area contributed by atoms with Crippen LogP contribution in [0.1, 0.15) is 50.4 Å². The number of hydrogen-bond acceptors (Lipinski definition) is 3. The van der Waals surface area contributed by atoms with Gasteiger partial charge in [0, 0.05) is 17.3 Å². The van der Waals surface area contributed by atoms with E-state index in [1.807, 2.05) is 0 Å². The van der Waals surface area contributed by atoms with E-state index in [0.29, 0.717) is 6.54 Å². The van der Waals surface area contributed by atoms with E-state index >= 15 is 0 Å². The molecule has 2 atom stereocenters. The minimum absolute atomic E-state index is 0.168. The Bertz CT molecular complexity index is 376. The van der Waals surface area contributed by atoms with E-state index in [4.69, 9.17) is 0 Å². The van der Waals surface area contributed by atoms with Crippen LogP contribution in [0.5, 0.6) is 0 Å². The summed E-state index contributed by atoms with van der Waals surface area (Å²) in [6, 6.07) is 4.47. The first kappa shape index (κ1) is 17.2. The zero-order valence-corrected chi connectivity index (χ0v) is 14.0. The Hall–Kier alpha value is -0.870. The molecule has 1 aromatic rings. The van der Waals surface area contributed by atoms with Gasteiger partial charge >= 0.3 is 0 Å². The predicted octanol–water partition coefficient (Wildman–Crippen LogP) is 3.68. The molecule has 1 aromatic heterocycles. The monoisotopic (exact) mass is 296 g/mol. The molecule has 20 heavy (non-hydrogen) atoms. The fourth-order valence-electron chi connectivity index (χ4n) is 2.33. The number of amides is 1. The summed E-state index contributed by atoms with van der Waals surface area (Å²) >= 11 is 1.75. The molecule has 0 saturated heterocycles. The predicted molar refractivity (Wildman–Crippen MR) is 87.1 cm³/mol. The summed E-state index contributed by atoms with van der Waals surface area (Å²) in [5.41, 5.74) is 0. The molecule has 4 heteroatoms. The van der Waals surface area contributed by atoms with Crippen LogP contribution >= 0.6 is 11.3 Å². The van der Waals surface area contributed by atoms with Crippen molar-refractivity contribution >= 4 is 17.2 Å². The third-order valence-electron chi connectivity index (χ3n) is 3.73. The minimum atomic E-state index is 0.168. The Morgan fingerprint density at radius 2 is 2.15 bits per heavy atom. The molecule has 0 radical (unpaired) electrons. The van der Waals surface area contributed by atoms with E-state index in [1.165, 1.54) is 4.88 Å². The maximum atomic E-state index is 12.3. The third-order valence-corrected chi connectivity index (χ3v) is 4.71. The number of carbonyl (C=O) groups is 1. The second-order valence-electron chi connectivity index (χ2n) is 5.49. The zero-order valence-electron chi connectivity index (χ0n) is 13.2. The van der Waals surface area contributed by atoms with Gasteiger partial charge in [-0.25, -0.2) is 0 Å². The van der Waals surface area contributed by atoms with Crippen molar-refractivity contribution in [1.29, 1.82) is 0 Å². The van der Waals surface area contributed by atoms with Crippen molar-refractivity contribution in [2.24, 2.45) is 5.92 Å². The van der Waals surface area contributed by atoms with E-state index in [9.17, 15) is 4.79 Å². The summed E-state index contributed by atoms with van der Waals surface area (Å²) in [6.45, 7) is 4.96. The summed E-state index contributed by atoms with van der Waals surface area (Å²) in [5.74, 6) is 0.380. The van der Waals surface area contributed by atoms with Crippen molar-refractivity contribution in [3.05, 3.63) is 22.4 Å². The number of nitrogens with one attached hydrogen (secondary N) is 1. The molecular weight excluding hydrogens is 268 g/mol. The molecule has 2 unspecified atom stereocenters. The summed E-state index contributed by atoms with van der Waals surface area (Å²) in [5, 5.41) is 5.23. The Kier molecular flexibility index (Phi) is 7.85. The molecule has 1 rings (SSSR count). The highest BCUT2D eigenvalue weighted by Crippen LogP contribution is 2.22. The highest BCUT2D eigenvalue weighted by molar-refractivity contribution is 7.10. The molecule has 0 bridgehead atoms. The van der Waals surface area contributed by atoms with Gasteiger partial charge in [0.05, 0.1) is 6.04 Å². The molecule has 1 amide bonds. The maximum Gasteiger partial charge on any atom is 0.223 e. The summed E-state index contributed by atoms with van der Waals surface area (Å²) < 4.78 is 0. The van der Waals surface area contributed by atoms with E-state index in [0.717, 1.165) is 25.7 Å². The molecule has 1 heterocycles. The van der Waals surface area contributed by atoms with Crippen molar-refractivity contribution < 1.29 is 4.79 Å². The van der Waals surface area contributed by atoms with Crippen LogP contribution in [0.4, 0.5) is 0 Å². The normalized spacial score (nSPS) is 14.2. The van der Waals surface area contributed by atoms with Crippen LogP contribution in [0.2, 0.25) is 0 Å². The Morgan fingerprint density at radius 3 is 2.65 bits per heavy atom. The van der Waals surface area contributed by atoms with Crippen molar-refractivity contribution in [2.45, 2.75) is 45.6 Å². The number of hydrogen-bond donors (Lipinski definition) is 1. The van der Waals surface area contributed by atoms with Crippen molar-refractivity contribution in [1.82, 2.24) is 10.2 Å². The largest absolute Gasteiger partial charge is 0.354 e. The minimum Gasteiger partial charge on any atom is -0.354 e. The maximum absolute atomic E-state index is 12.3. The van der Waals surface area contributed by atoms with E-state index in [-0.39, 0.29) is 17.9 Å². The SMILES string of the molecule is CCCCC(CC)C(=O)NCC(c1cccs1)N(C)C. The fourth-order valence-corrected chi connectivity index (χ4v) is 3.25. The van der Waals surface area contributed by atoms with Crippen LogP contribution in [-0.4, -0.2) is 31.4 Å². The number of unbranched alkanes of at least 4 members (excludes halogenated alkanes) is 1. The molecule has 0 fully saturated rings. The van der Waals surface area contributed by atoms with E-state index in [2.05, 4.69) is 55.7 Å². The van der Waals surface area contributed by atoms with Crippen LogP contribution < -0.4 is 5.32 Å². The lowest BCUT2D eigenvalue weighted by Crippen LogP contribution is -2.37. The topological polar surface area (TPSA) is 32.3 Å². The van der Waals surface area contributed by atoms with Gasteiger partial charge in [-0.3, -0.25) is 4.79 Å². The van der Waals surface area contributed by atoms with Gasteiger partial charge < -0.3 is 10.2 Å². The molecule has 0 aliphatic rings. The standard InChI is InChI=1S/C16H28N2OS/c1-5-7-9-13(6-2)16(19)17-12-14(18(3)4)15-10-8-11-20-15/h8,10-11,13-14H,5-7,9,12H2,1-4H3,(H,17,19). The molecule has 114 valence electrons. The number of carbonyl (C=O) groups excluding carboxylic acids is 1. The number of nitrogens with zero attached hydrogens (tertiary/aromatic N) is 1. The van der Waals surface area contributed by atoms with E-state index in [1.54, 1.807) is 11.3 Å². The fraction of sp³-hybridized carbons (Fsp3) is 0.688. The second kappa shape index (κ2) is 9.14. The number of likely N-dealkylation sites (N-methyl/N-ethyl adjacent to an activating group) is 1. The summed E-state index contributed by atoms with van der Waals surface area (Å²) in [4.78, 5) is 15.7. The van der Waals surface area contributed by atoms with Crippen LogP contribution in [0, 0.1) is 5.92 Å². The molecule has 0 aliphatic heterocycles. The van der Waals surface area contributed by atoms with E-state index < -0.39 is 0 Å². The van der Waals surface area contributed by atoms with Crippen LogP contribution in [0.15, 0.2) is 17.5 Å². The van der Waals surface area contributed by atoms with Crippen molar-refractivity contribution in [3.8, 4) is 0 Å². The smallest absolute Gasteiger partial charge is 0.223 e. The van der Waals surface area contributed by atoms with Crippen molar-refractivity contribution in [2.75, 3.05) is 20.6 Å². The Labute approximate surface area is 127 Å². The summed E-state index contributed by atoms with van der Waals surface area (Å²) in [7, 11) is 4.12. The Morgan fingerprint density at radius 1 is 1.40 bits per heavy atom. The average Bonchev–Trinajstić information content (AvgIpc) is 2.93. The van der Waals surface area contributed by atoms with Gasteiger partial charge in [-0.1, -0.05) is 32.8 Å². The highest BCUT2D eigenvalue weighted by atomic mass is 32.1. The summed E-state index contributed by atoms with van der Waals surface area (Å²) in [6.07, 6.45) is 4.22. The van der Waals surface area contributed by atoms with Gasteiger partial charge in [0.15, 0.2) is 0 Å². The number of rotatable bonds is 9. The van der Waals surface area contributed by atoms with Gasteiger partial charge in [0.25, 0.3) is 0 Å². The molecule has 3 nitrogen and oxygen atoms in total. The second-order valence-corrected chi connectivity index (χ2v) is 6.47. The molecule has 1 N–H and O–H groups in total. The highest BCUT2D eigenvalue weighted by Gasteiger charge is 2.19. The first-order chi connectivity index (χ1) is 9.60. The first-order valence-corrected chi connectivity index (χ1v) is 8.45. The molecule has 0 saturated carbocycles. The molecule has 0 spiro atoms. The van der Waals surface area contributed by atoms with Gasteiger partial charge in [0.2, 0.25) is 5.91 Å². The average molecular weight is 296 g/mol. The van der Waals surface area contributed by atoms with Crippen LogP contribution in [0.3, 0.4) is 0 Å². The third kappa shape index (κ3) is 5.25. The molecule has 0 aromatic carbocycles. The van der Waals surface area contributed by atoms with Gasteiger partial charge in [-0.2, -0.15) is 0 Å². The van der Waals surface area contributed by atoms with Gasteiger partial charge in [0.1, 0.15) is 0 Å². The molecule has 0 aliphatic carbocycles. The van der Waals surface area contributed by atoms with Crippen LogP contribution in [-0.2, 0) is 4.79 Å². The van der Waals surface area contributed by atoms with Crippen molar-refractivity contribution in [3.63, 3.8) is 0 Å². The Balaban J connectivity index is 2.52. The van der Waals surface area contributed by atoms with Crippen LogP contribution in [0.25, 0.3) is 0 Å². The number of thiophene rings is 1. The lowest BCUT2D eigenvalue weighted by molar-refractivity contribution is -0.125. The molecular formula is C16H28N2OS. The van der Waals surface area contributed by atoms with Gasteiger partial charge in [-0.15, -0.1) is 11.3 Å². The van der Waals surface area contributed by atoms with Gasteiger partial charge in [-0.05, 0) is 38.4 Å².